The highest BCUT2D eigenvalue weighted by atomic mass is 35.5. The number of likely N-dealkylation sites (tertiary alicyclic amines) is 1. The molecular formula is C16H18ClF3N4O3. The number of rotatable bonds is 4. The Kier molecular flexibility index (Phi) is 6.53. The Morgan fingerprint density at radius 1 is 1.26 bits per heavy atom. The van der Waals surface area contributed by atoms with Gasteiger partial charge in [0.1, 0.15) is 12.6 Å². The van der Waals surface area contributed by atoms with Crippen LogP contribution in [0, 0.1) is 0 Å². The molecule has 1 unspecified atom stereocenters. The number of nitrogens with one attached hydrogen (secondary N) is 3. The van der Waals surface area contributed by atoms with Crippen LogP contribution in [0.25, 0.3) is 0 Å². The summed E-state index contributed by atoms with van der Waals surface area (Å²) >= 11 is 6.07. The van der Waals surface area contributed by atoms with Crippen molar-refractivity contribution in [3.63, 3.8) is 0 Å². The van der Waals surface area contributed by atoms with Gasteiger partial charge in [-0.15, -0.1) is 0 Å². The Morgan fingerprint density at radius 3 is 2.56 bits per heavy atom. The molecule has 1 aliphatic rings. The average Bonchev–Trinajstić information content (AvgIpc) is 3.03. The smallest absolute Gasteiger partial charge is 0.345 e. The number of anilines is 2. The highest BCUT2D eigenvalue weighted by molar-refractivity contribution is 6.34. The number of carbonyl (C=O) groups is 3. The summed E-state index contributed by atoms with van der Waals surface area (Å²) in [7, 11) is 0. The van der Waals surface area contributed by atoms with Crippen molar-refractivity contribution in [2.75, 3.05) is 23.7 Å². The summed E-state index contributed by atoms with van der Waals surface area (Å²) in [5.41, 5.74) is 0.688. The van der Waals surface area contributed by atoms with E-state index in [4.69, 9.17) is 11.6 Å². The van der Waals surface area contributed by atoms with Crippen molar-refractivity contribution in [2.45, 2.75) is 32.0 Å². The Labute approximate surface area is 158 Å². The highest BCUT2D eigenvalue weighted by Crippen LogP contribution is 2.27. The molecule has 27 heavy (non-hydrogen) atoms. The van der Waals surface area contributed by atoms with Gasteiger partial charge in [-0.2, -0.15) is 13.2 Å². The molecule has 148 valence electrons. The maximum Gasteiger partial charge on any atom is 0.405 e. The first-order chi connectivity index (χ1) is 12.6. The Bertz CT molecular complexity index is 742. The molecule has 11 heteroatoms. The molecule has 1 aromatic carbocycles. The van der Waals surface area contributed by atoms with Crippen molar-refractivity contribution in [2.24, 2.45) is 0 Å². The van der Waals surface area contributed by atoms with Gasteiger partial charge >= 0.3 is 12.2 Å². The normalized spacial score (nSPS) is 16.8. The van der Waals surface area contributed by atoms with Crippen LogP contribution in [0.1, 0.15) is 19.8 Å². The standard InChI is InChI=1S/C16H18ClF3N4O3/c1-9(25)22-10-4-5-12(11(17)7-10)23-15(27)24-6-2-3-13(24)14(26)21-8-16(18,19)20/h4-5,7,13H,2-3,6,8H2,1H3,(H,21,26)(H,22,25)(H,23,27). The molecule has 3 N–H and O–H groups in total. The quantitative estimate of drug-likeness (QED) is 0.718. The minimum Gasteiger partial charge on any atom is -0.345 e. The van der Waals surface area contributed by atoms with Gasteiger partial charge in [-0.25, -0.2) is 4.79 Å². The van der Waals surface area contributed by atoms with E-state index in [2.05, 4.69) is 10.6 Å². The second-order valence-electron chi connectivity index (χ2n) is 5.99. The summed E-state index contributed by atoms with van der Waals surface area (Å²) in [5.74, 6) is -1.14. The summed E-state index contributed by atoms with van der Waals surface area (Å²) in [6.45, 7) is 0.118. The third-order valence-corrected chi connectivity index (χ3v) is 4.12. The lowest BCUT2D eigenvalue weighted by Crippen LogP contribution is -2.49. The molecule has 1 fully saturated rings. The molecule has 2 rings (SSSR count). The monoisotopic (exact) mass is 406 g/mol. The molecule has 1 heterocycles. The first kappa shape index (κ1) is 20.8. The molecule has 0 aliphatic carbocycles. The molecule has 0 radical (unpaired) electrons. The molecule has 0 spiro atoms. The van der Waals surface area contributed by atoms with Crippen LogP contribution in [0.5, 0.6) is 0 Å². The molecule has 1 atom stereocenters. The van der Waals surface area contributed by atoms with Crippen LogP contribution in [-0.2, 0) is 9.59 Å². The van der Waals surface area contributed by atoms with Crippen LogP contribution >= 0.6 is 11.6 Å². The van der Waals surface area contributed by atoms with Gasteiger partial charge in [0.05, 0.1) is 10.7 Å². The number of hydrogen-bond donors (Lipinski definition) is 3. The first-order valence-electron chi connectivity index (χ1n) is 8.06. The zero-order valence-electron chi connectivity index (χ0n) is 14.3. The molecule has 1 aliphatic heterocycles. The van der Waals surface area contributed by atoms with Crippen molar-refractivity contribution in [3.8, 4) is 0 Å². The Balaban J connectivity index is 2.02. The van der Waals surface area contributed by atoms with Gasteiger partial charge in [0.15, 0.2) is 0 Å². The fourth-order valence-corrected chi connectivity index (χ4v) is 2.90. The van der Waals surface area contributed by atoms with Crippen molar-refractivity contribution < 1.29 is 27.6 Å². The minimum atomic E-state index is -4.52. The molecule has 4 amide bonds. The zero-order valence-corrected chi connectivity index (χ0v) is 15.1. The van der Waals surface area contributed by atoms with Crippen LogP contribution in [0.2, 0.25) is 5.02 Å². The van der Waals surface area contributed by atoms with Gasteiger partial charge < -0.3 is 20.9 Å². The third kappa shape index (κ3) is 6.02. The van der Waals surface area contributed by atoms with E-state index in [9.17, 15) is 27.6 Å². The summed E-state index contributed by atoms with van der Waals surface area (Å²) in [4.78, 5) is 36.6. The van der Waals surface area contributed by atoms with Crippen LogP contribution in [0.4, 0.5) is 29.3 Å². The topological polar surface area (TPSA) is 90.5 Å². The van der Waals surface area contributed by atoms with Crippen LogP contribution < -0.4 is 16.0 Å². The zero-order chi connectivity index (χ0) is 20.2. The number of alkyl halides is 3. The fourth-order valence-electron chi connectivity index (χ4n) is 2.67. The van der Waals surface area contributed by atoms with E-state index in [-0.39, 0.29) is 29.6 Å². The molecule has 7 nitrogen and oxygen atoms in total. The Morgan fingerprint density at radius 2 is 1.96 bits per heavy atom. The molecule has 0 bridgehead atoms. The first-order valence-corrected chi connectivity index (χ1v) is 8.44. The summed E-state index contributed by atoms with van der Waals surface area (Å²) in [6.07, 6.45) is -3.76. The summed E-state index contributed by atoms with van der Waals surface area (Å²) < 4.78 is 36.8. The SMILES string of the molecule is CC(=O)Nc1ccc(NC(=O)N2CCCC2C(=O)NCC(F)(F)F)c(Cl)c1. The van der Waals surface area contributed by atoms with Gasteiger partial charge in [0.2, 0.25) is 11.8 Å². The Hall–Kier alpha value is -2.49. The summed E-state index contributed by atoms with van der Waals surface area (Å²) in [5, 5.41) is 7.03. The number of hydrogen-bond acceptors (Lipinski definition) is 3. The number of nitrogens with zero attached hydrogens (tertiary/aromatic N) is 1. The van der Waals surface area contributed by atoms with Crippen LogP contribution in [0.15, 0.2) is 18.2 Å². The largest absolute Gasteiger partial charge is 0.405 e. The lowest BCUT2D eigenvalue weighted by Gasteiger charge is -2.24. The van der Waals surface area contributed by atoms with E-state index >= 15 is 0 Å². The lowest BCUT2D eigenvalue weighted by atomic mass is 10.2. The van der Waals surface area contributed by atoms with E-state index in [1.165, 1.54) is 30.0 Å². The fraction of sp³-hybridized carbons (Fsp3) is 0.438. The van der Waals surface area contributed by atoms with Crippen LogP contribution in [-0.4, -0.2) is 48.1 Å². The molecule has 1 saturated heterocycles. The lowest BCUT2D eigenvalue weighted by molar-refractivity contribution is -0.140. The second-order valence-corrected chi connectivity index (χ2v) is 6.40. The highest BCUT2D eigenvalue weighted by Gasteiger charge is 2.36. The number of amides is 4. The van der Waals surface area contributed by atoms with Crippen molar-refractivity contribution >= 4 is 40.8 Å². The van der Waals surface area contributed by atoms with Crippen molar-refractivity contribution in [1.82, 2.24) is 10.2 Å². The van der Waals surface area contributed by atoms with Crippen molar-refractivity contribution in [1.29, 1.82) is 0 Å². The number of urea groups is 1. The third-order valence-electron chi connectivity index (χ3n) is 3.81. The van der Waals surface area contributed by atoms with Gasteiger partial charge in [-0.3, -0.25) is 9.59 Å². The van der Waals surface area contributed by atoms with Crippen molar-refractivity contribution in [3.05, 3.63) is 23.2 Å². The predicted molar refractivity (Wildman–Crippen MR) is 93.6 cm³/mol. The predicted octanol–water partition coefficient (Wildman–Crippen LogP) is 2.97. The maximum atomic E-state index is 12.4. The molecule has 0 saturated carbocycles. The number of carbonyl (C=O) groups excluding carboxylic acids is 3. The van der Waals surface area contributed by atoms with E-state index in [0.717, 1.165) is 0 Å². The molecule has 0 aromatic heterocycles. The van der Waals surface area contributed by atoms with Gasteiger partial charge in [-0.05, 0) is 31.0 Å². The van der Waals surface area contributed by atoms with Gasteiger partial charge in [0.25, 0.3) is 0 Å². The minimum absolute atomic E-state index is 0.159. The second kappa shape index (κ2) is 8.47. The van der Waals surface area contributed by atoms with E-state index in [1.807, 2.05) is 0 Å². The molecule has 1 aromatic rings. The maximum absolute atomic E-state index is 12.4. The number of halogens is 4. The van der Waals surface area contributed by atoms with E-state index in [0.29, 0.717) is 12.1 Å². The van der Waals surface area contributed by atoms with E-state index in [1.54, 1.807) is 5.32 Å². The van der Waals surface area contributed by atoms with E-state index < -0.39 is 30.7 Å². The van der Waals surface area contributed by atoms with Crippen LogP contribution in [0.3, 0.4) is 0 Å². The van der Waals surface area contributed by atoms with Gasteiger partial charge in [0, 0.05) is 19.2 Å². The van der Waals surface area contributed by atoms with Gasteiger partial charge in [-0.1, -0.05) is 11.6 Å². The summed E-state index contributed by atoms with van der Waals surface area (Å²) in [6, 6.07) is 2.81. The number of benzene rings is 1. The average molecular weight is 407 g/mol. The molecular weight excluding hydrogens is 389 g/mol.